The summed E-state index contributed by atoms with van der Waals surface area (Å²) in [7, 11) is 0. The van der Waals surface area contributed by atoms with E-state index >= 15 is 0 Å². The van der Waals surface area contributed by atoms with Crippen LogP contribution in [0, 0.1) is 11.7 Å². The first kappa shape index (κ1) is 11.9. The van der Waals surface area contributed by atoms with Gasteiger partial charge in [-0.3, -0.25) is 4.79 Å². The number of nitrogens with one attached hydrogen (secondary N) is 1. The van der Waals surface area contributed by atoms with Gasteiger partial charge in [-0.2, -0.15) is 0 Å². The lowest BCUT2D eigenvalue weighted by Gasteiger charge is -2.07. The van der Waals surface area contributed by atoms with Crippen molar-refractivity contribution in [2.24, 2.45) is 5.92 Å². The van der Waals surface area contributed by atoms with Gasteiger partial charge in [0.15, 0.2) is 0 Å². The Hall–Kier alpha value is -0.610. The van der Waals surface area contributed by atoms with Gasteiger partial charge in [-0.1, -0.05) is 11.6 Å². The van der Waals surface area contributed by atoms with Crippen molar-refractivity contribution in [3.63, 3.8) is 0 Å². The molecule has 0 unspecified atom stereocenters. The zero-order chi connectivity index (χ0) is 11.7. The minimum atomic E-state index is -0.479. The van der Waals surface area contributed by atoms with Gasteiger partial charge in [0.1, 0.15) is 5.82 Å². The Kier molecular flexibility index (Phi) is 3.50. The van der Waals surface area contributed by atoms with E-state index in [1.165, 1.54) is 6.07 Å². The third-order valence-corrected chi connectivity index (χ3v) is 3.75. The van der Waals surface area contributed by atoms with E-state index in [0.717, 1.165) is 18.9 Å². The fraction of sp³-hybridized carbons (Fsp3) is 0.364. The smallest absolute Gasteiger partial charge is 0.252 e. The summed E-state index contributed by atoms with van der Waals surface area (Å²) in [5.74, 6) is -0.218. The van der Waals surface area contributed by atoms with E-state index in [4.69, 9.17) is 11.6 Å². The van der Waals surface area contributed by atoms with Crippen molar-refractivity contribution in [1.82, 2.24) is 5.32 Å². The first-order chi connectivity index (χ1) is 7.58. The highest BCUT2D eigenvalue weighted by molar-refractivity contribution is 9.10. The second-order valence-electron chi connectivity index (χ2n) is 3.90. The predicted molar refractivity (Wildman–Crippen MR) is 64.2 cm³/mol. The first-order valence-electron chi connectivity index (χ1n) is 5.00. The number of carbonyl (C=O) groups excluding carboxylic acids is 1. The molecule has 0 heterocycles. The molecule has 1 aromatic carbocycles. The highest BCUT2D eigenvalue weighted by atomic mass is 79.9. The Morgan fingerprint density at radius 3 is 2.88 bits per heavy atom. The lowest BCUT2D eigenvalue weighted by molar-refractivity contribution is 0.0951. The molecule has 2 nitrogen and oxygen atoms in total. The average Bonchev–Trinajstić information content (AvgIpc) is 3.03. The zero-order valence-electron chi connectivity index (χ0n) is 8.40. The molecule has 1 fully saturated rings. The molecule has 0 bridgehead atoms. The van der Waals surface area contributed by atoms with Crippen LogP contribution >= 0.6 is 27.5 Å². The fourth-order valence-electron chi connectivity index (χ4n) is 1.38. The summed E-state index contributed by atoms with van der Waals surface area (Å²) in [6.07, 6.45) is 2.31. The maximum atomic E-state index is 13.1. The van der Waals surface area contributed by atoms with Crippen LogP contribution in [0.5, 0.6) is 0 Å². The minimum absolute atomic E-state index is 0.175. The standard InChI is InChI=1S/C11H10BrClFNO/c12-9-4-7(14)3-8(10(9)13)11(16)15-5-6-1-2-6/h3-4,6H,1-2,5H2,(H,15,16). The second-order valence-corrected chi connectivity index (χ2v) is 5.13. The van der Waals surface area contributed by atoms with Crippen molar-refractivity contribution < 1.29 is 9.18 Å². The molecular weight excluding hydrogens is 296 g/mol. The average molecular weight is 307 g/mol. The number of carbonyl (C=O) groups is 1. The van der Waals surface area contributed by atoms with E-state index in [1.807, 2.05) is 0 Å². The Balaban J connectivity index is 2.14. The Morgan fingerprint density at radius 2 is 2.25 bits per heavy atom. The van der Waals surface area contributed by atoms with Gasteiger partial charge in [-0.25, -0.2) is 4.39 Å². The summed E-state index contributed by atoms with van der Waals surface area (Å²) in [6.45, 7) is 0.642. The highest BCUT2D eigenvalue weighted by Gasteiger charge is 2.23. The molecule has 0 radical (unpaired) electrons. The minimum Gasteiger partial charge on any atom is -0.352 e. The van der Waals surface area contributed by atoms with Gasteiger partial charge >= 0.3 is 0 Å². The summed E-state index contributed by atoms with van der Waals surface area (Å²) in [5, 5.41) is 2.99. The number of benzene rings is 1. The highest BCUT2D eigenvalue weighted by Crippen LogP contribution is 2.29. The number of hydrogen-bond acceptors (Lipinski definition) is 1. The van der Waals surface area contributed by atoms with E-state index in [0.29, 0.717) is 16.9 Å². The van der Waals surface area contributed by atoms with Crippen molar-refractivity contribution in [1.29, 1.82) is 0 Å². The molecule has 1 amide bonds. The largest absolute Gasteiger partial charge is 0.352 e. The Morgan fingerprint density at radius 1 is 1.56 bits per heavy atom. The normalized spacial score (nSPS) is 14.9. The maximum absolute atomic E-state index is 13.1. The molecule has 0 atom stereocenters. The van der Waals surface area contributed by atoms with Crippen LogP contribution in [0.1, 0.15) is 23.2 Å². The van der Waals surface area contributed by atoms with Crippen LogP contribution in [0.2, 0.25) is 5.02 Å². The van der Waals surface area contributed by atoms with E-state index in [2.05, 4.69) is 21.2 Å². The van der Waals surface area contributed by atoms with Gasteiger partial charge < -0.3 is 5.32 Å². The molecule has 2 rings (SSSR count). The second kappa shape index (κ2) is 4.72. The molecule has 5 heteroatoms. The fourth-order valence-corrected chi connectivity index (χ4v) is 2.00. The van der Waals surface area contributed by atoms with Crippen LogP contribution in [0.3, 0.4) is 0 Å². The van der Waals surface area contributed by atoms with Gasteiger partial charge in [0.25, 0.3) is 5.91 Å². The van der Waals surface area contributed by atoms with Crippen LogP contribution < -0.4 is 5.32 Å². The summed E-state index contributed by atoms with van der Waals surface area (Å²) < 4.78 is 13.5. The zero-order valence-corrected chi connectivity index (χ0v) is 10.7. The van der Waals surface area contributed by atoms with Crippen molar-refractivity contribution in [3.05, 3.63) is 33.0 Å². The molecule has 1 aliphatic rings. The molecule has 1 aromatic rings. The number of rotatable bonds is 3. The Bertz CT molecular complexity index is 434. The Labute approximate surface area is 106 Å². The molecule has 16 heavy (non-hydrogen) atoms. The molecule has 1 aliphatic carbocycles. The molecule has 86 valence electrons. The maximum Gasteiger partial charge on any atom is 0.252 e. The van der Waals surface area contributed by atoms with Gasteiger partial charge in [-0.15, -0.1) is 0 Å². The van der Waals surface area contributed by atoms with Crippen LogP contribution in [-0.2, 0) is 0 Å². The molecular formula is C11H10BrClFNO. The van der Waals surface area contributed by atoms with Crippen molar-refractivity contribution >= 4 is 33.4 Å². The van der Waals surface area contributed by atoms with E-state index in [-0.39, 0.29) is 16.5 Å². The van der Waals surface area contributed by atoms with Crippen LogP contribution in [-0.4, -0.2) is 12.5 Å². The quantitative estimate of drug-likeness (QED) is 0.852. The van der Waals surface area contributed by atoms with Gasteiger partial charge in [0.2, 0.25) is 0 Å². The van der Waals surface area contributed by atoms with Crippen LogP contribution in [0.4, 0.5) is 4.39 Å². The van der Waals surface area contributed by atoms with Crippen molar-refractivity contribution in [3.8, 4) is 0 Å². The predicted octanol–water partition coefficient (Wildman–Crippen LogP) is 3.38. The molecule has 1 saturated carbocycles. The monoisotopic (exact) mass is 305 g/mol. The van der Waals surface area contributed by atoms with Crippen molar-refractivity contribution in [2.75, 3.05) is 6.54 Å². The summed E-state index contributed by atoms with van der Waals surface area (Å²) in [6, 6.07) is 2.38. The summed E-state index contributed by atoms with van der Waals surface area (Å²) in [5.41, 5.74) is 0.175. The number of hydrogen-bond donors (Lipinski definition) is 1. The molecule has 0 aromatic heterocycles. The molecule has 0 spiro atoms. The SMILES string of the molecule is O=C(NCC1CC1)c1cc(F)cc(Br)c1Cl. The third kappa shape index (κ3) is 2.74. The molecule has 1 N–H and O–H groups in total. The molecule has 0 saturated heterocycles. The van der Waals surface area contributed by atoms with Crippen LogP contribution in [0.25, 0.3) is 0 Å². The molecule has 0 aliphatic heterocycles. The van der Waals surface area contributed by atoms with E-state index in [1.54, 1.807) is 0 Å². The lowest BCUT2D eigenvalue weighted by Crippen LogP contribution is -2.26. The summed E-state index contributed by atoms with van der Waals surface area (Å²) in [4.78, 5) is 11.7. The summed E-state index contributed by atoms with van der Waals surface area (Å²) >= 11 is 9.02. The number of amides is 1. The van der Waals surface area contributed by atoms with Crippen LogP contribution in [0.15, 0.2) is 16.6 Å². The van der Waals surface area contributed by atoms with E-state index in [9.17, 15) is 9.18 Å². The topological polar surface area (TPSA) is 29.1 Å². The number of halogens is 3. The van der Waals surface area contributed by atoms with Crippen molar-refractivity contribution in [2.45, 2.75) is 12.8 Å². The third-order valence-electron chi connectivity index (χ3n) is 2.49. The van der Waals surface area contributed by atoms with Gasteiger partial charge in [-0.05, 0) is 46.8 Å². The van der Waals surface area contributed by atoms with Gasteiger partial charge in [0, 0.05) is 11.0 Å². The lowest BCUT2D eigenvalue weighted by atomic mass is 10.2. The van der Waals surface area contributed by atoms with E-state index < -0.39 is 5.82 Å². The first-order valence-corrected chi connectivity index (χ1v) is 6.18. The van der Waals surface area contributed by atoms with Gasteiger partial charge in [0.05, 0.1) is 10.6 Å².